The average Bonchev–Trinajstić information content (AvgIpc) is 3.56. The zero-order valence-electron chi connectivity index (χ0n) is 30.1. The number of nitrogens with zero attached hydrogens (tertiary/aromatic N) is 2. The monoisotopic (exact) mass is 712 g/mol. The first kappa shape index (κ1) is 37.7. The molecule has 1 heterocycles. The van der Waals surface area contributed by atoms with Crippen LogP contribution in [0.15, 0.2) is 91.0 Å². The van der Waals surface area contributed by atoms with Crippen LogP contribution in [0.5, 0.6) is 5.75 Å². The molecule has 0 N–H and O–H groups in total. The Morgan fingerprint density at radius 1 is 0.962 bits per heavy atom. The van der Waals surface area contributed by atoms with Gasteiger partial charge < -0.3 is 18.9 Å². The number of carbonyl (C=O) groups excluding carboxylic acids is 4. The molecule has 2 aliphatic rings. The van der Waals surface area contributed by atoms with E-state index in [0.717, 1.165) is 4.90 Å². The molecule has 12 heteroatoms. The molecule has 1 saturated carbocycles. The van der Waals surface area contributed by atoms with Crippen molar-refractivity contribution in [3.8, 4) is 5.75 Å². The lowest BCUT2D eigenvalue weighted by Crippen LogP contribution is -2.55. The van der Waals surface area contributed by atoms with E-state index in [2.05, 4.69) is 0 Å². The smallest absolute Gasteiger partial charge is 0.421 e. The van der Waals surface area contributed by atoms with Crippen LogP contribution in [0.2, 0.25) is 0 Å². The van der Waals surface area contributed by atoms with Gasteiger partial charge in [0, 0.05) is 17.4 Å². The molecule has 12 nitrogen and oxygen atoms in total. The highest BCUT2D eigenvalue weighted by molar-refractivity contribution is 6.21. The molecule has 3 aromatic carbocycles. The Morgan fingerprint density at radius 2 is 1.62 bits per heavy atom. The number of hydrogen-bond acceptors (Lipinski definition) is 10. The highest BCUT2D eigenvalue weighted by atomic mass is 16.6. The standard InChI is InChI=1S/C40H44N2O10/c1-7-51-33(44)23-29-28(21-22-32(43)50-6)34(26-17-19-27(49-5)20-18-26)36(42(47)48)35(29)40(24-25-13-9-8-10-14-25)30-15-11-12-16-31(30)41(37(40)45)38(46)52-39(2,3)4/h8-22,28-29,34-36H,7,23-24H2,1-6H3/b22-21+/t28-,29-,34+,35+,36+,40-/m0/s1. The van der Waals surface area contributed by atoms with Crippen molar-refractivity contribution in [2.45, 2.75) is 63.5 Å². The fraction of sp³-hybridized carbons (Fsp3) is 0.400. The van der Waals surface area contributed by atoms with Crippen molar-refractivity contribution in [2.24, 2.45) is 17.8 Å². The minimum atomic E-state index is -1.76. The van der Waals surface area contributed by atoms with Crippen LogP contribution in [0.25, 0.3) is 0 Å². The van der Waals surface area contributed by atoms with E-state index in [4.69, 9.17) is 18.9 Å². The summed E-state index contributed by atoms with van der Waals surface area (Å²) in [4.78, 5) is 69.8. The fourth-order valence-electron chi connectivity index (χ4n) is 8.06. The van der Waals surface area contributed by atoms with Gasteiger partial charge in [0.05, 0.1) is 43.8 Å². The summed E-state index contributed by atoms with van der Waals surface area (Å²) in [5.41, 5.74) is -0.874. The SMILES string of the molecule is CCOC(=O)C[C@H]1[C@H](/C=C/C(=O)OC)[C@@H](c2ccc(OC)cc2)[C@@H]([N+](=O)[O-])[C@@H]1[C@@]1(Cc2ccccc2)C(=O)N(C(=O)OC(C)(C)C)c2ccccc21. The van der Waals surface area contributed by atoms with Gasteiger partial charge in [0.15, 0.2) is 0 Å². The number of fused-ring (bicyclic) bond motifs is 1. The van der Waals surface area contributed by atoms with E-state index in [0.29, 0.717) is 22.4 Å². The quantitative estimate of drug-likeness (QED) is 0.0715. The molecule has 5 rings (SSSR count). The third-order valence-electron chi connectivity index (χ3n) is 9.89. The molecule has 2 amide bonds. The third-order valence-corrected chi connectivity index (χ3v) is 9.89. The van der Waals surface area contributed by atoms with Crippen molar-refractivity contribution in [3.63, 3.8) is 0 Å². The minimum absolute atomic E-state index is 0.0416. The second-order valence-electron chi connectivity index (χ2n) is 14.0. The molecule has 0 radical (unpaired) electrons. The van der Waals surface area contributed by atoms with Crippen molar-refractivity contribution in [3.05, 3.63) is 118 Å². The number of rotatable bonds is 11. The molecule has 0 aromatic heterocycles. The number of para-hydroxylation sites is 1. The Morgan fingerprint density at radius 3 is 2.21 bits per heavy atom. The van der Waals surface area contributed by atoms with Gasteiger partial charge in [0.2, 0.25) is 11.9 Å². The van der Waals surface area contributed by atoms with E-state index in [-0.39, 0.29) is 25.1 Å². The van der Waals surface area contributed by atoms with Gasteiger partial charge in [-0.1, -0.05) is 66.7 Å². The fourth-order valence-corrected chi connectivity index (χ4v) is 8.06. The van der Waals surface area contributed by atoms with Gasteiger partial charge in [-0.05, 0) is 80.8 Å². The molecular weight excluding hydrogens is 668 g/mol. The summed E-state index contributed by atoms with van der Waals surface area (Å²) in [7, 11) is 2.72. The second-order valence-corrected chi connectivity index (χ2v) is 14.0. The van der Waals surface area contributed by atoms with Gasteiger partial charge in [0.25, 0.3) is 0 Å². The van der Waals surface area contributed by atoms with E-state index >= 15 is 4.79 Å². The molecule has 52 heavy (non-hydrogen) atoms. The zero-order chi connectivity index (χ0) is 37.8. The number of nitro groups is 1. The summed E-state index contributed by atoms with van der Waals surface area (Å²) in [5.74, 6) is -5.45. The normalized spacial score (nSPS) is 24.0. The molecular formula is C40H44N2O10. The first-order valence-corrected chi connectivity index (χ1v) is 17.2. The van der Waals surface area contributed by atoms with Gasteiger partial charge >= 0.3 is 18.0 Å². The average molecular weight is 713 g/mol. The Hall–Kier alpha value is -5.52. The van der Waals surface area contributed by atoms with Crippen molar-refractivity contribution in [1.82, 2.24) is 0 Å². The van der Waals surface area contributed by atoms with E-state index in [1.165, 1.54) is 26.4 Å². The van der Waals surface area contributed by atoms with Gasteiger partial charge in [-0.3, -0.25) is 19.7 Å². The van der Waals surface area contributed by atoms with Crippen LogP contribution < -0.4 is 9.64 Å². The van der Waals surface area contributed by atoms with Gasteiger partial charge in [0.1, 0.15) is 11.4 Å². The first-order valence-electron chi connectivity index (χ1n) is 17.2. The number of ether oxygens (including phenoxy) is 4. The number of anilines is 1. The number of hydrogen-bond donors (Lipinski definition) is 0. The summed E-state index contributed by atoms with van der Waals surface area (Å²) in [6, 6.07) is 21.1. The molecule has 0 saturated heterocycles. The van der Waals surface area contributed by atoms with Crippen LogP contribution in [-0.4, -0.2) is 61.3 Å². The highest BCUT2D eigenvalue weighted by Crippen LogP contribution is 2.61. The van der Waals surface area contributed by atoms with Crippen molar-refractivity contribution in [2.75, 3.05) is 25.7 Å². The molecule has 6 atom stereocenters. The number of amides is 2. The number of carbonyl (C=O) groups is 4. The predicted octanol–water partition coefficient (Wildman–Crippen LogP) is 6.43. The molecule has 274 valence electrons. The molecule has 0 spiro atoms. The number of allylic oxidation sites excluding steroid dienone is 1. The van der Waals surface area contributed by atoms with Crippen LogP contribution in [0.3, 0.4) is 0 Å². The Bertz CT molecular complexity index is 1830. The van der Waals surface area contributed by atoms with Crippen LogP contribution in [-0.2, 0) is 40.4 Å². The largest absolute Gasteiger partial charge is 0.497 e. The maximum Gasteiger partial charge on any atom is 0.421 e. The van der Waals surface area contributed by atoms with Crippen molar-refractivity contribution in [1.29, 1.82) is 0 Å². The maximum absolute atomic E-state index is 15.5. The number of benzene rings is 3. The highest BCUT2D eigenvalue weighted by Gasteiger charge is 2.70. The number of imide groups is 1. The van der Waals surface area contributed by atoms with E-state index in [9.17, 15) is 24.5 Å². The van der Waals surface area contributed by atoms with Crippen molar-refractivity contribution < 1.29 is 43.0 Å². The van der Waals surface area contributed by atoms with Crippen LogP contribution in [0, 0.1) is 27.9 Å². The van der Waals surface area contributed by atoms with Crippen molar-refractivity contribution >= 4 is 29.6 Å². The van der Waals surface area contributed by atoms with Gasteiger partial charge in [-0.2, -0.15) is 0 Å². The summed E-state index contributed by atoms with van der Waals surface area (Å²) < 4.78 is 21.4. The Balaban J connectivity index is 1.86. The molecule has 0 bridgehead atoms. The molecule has 1 fully saturated rings. The van der Waals surface area contributed by atoms with Gasteiger partial charge in [-0.15, -0.1) is 0 Å². The van der Waals surface area contributed by atoms with E-state index in [1.807, 2.05) is 18.2 Å². The van der Waals surface area contributed by atoms with Crippen LogP contribution in [0.4, 0.5) is 10.5 Å². The first-order chi connectivity index (χ1) is 24.8. The third kappa shape index (κ3) is 7.28. The lowest BCUT2D eigenvalue weighted by atomic mass is 9.61. The minimum Gasteiger partial charge on any atom is -0.497 e. The van der Waals surface area contributed by atoms with Crippen LogP contribution >= 0.6 is 0 Å². The molecule has 1 aliphatic heterocycles. The number of methoxy groups -OCH3 is 2. The lowest BCUT2D eigenvalue weighted by Gasteiger charge is -2.39. The lowest BCUT2D eigenvalue weighted by molar-refractivity contribution is -0.535. The summed E-state index contributed by atoms with van der Waals surface area (Å²) in [5, 5.41) is 13.7. The summed E-state index contributed by atoms with van der Waals surface area (Å²) in [6.45, 7) is 6.76. The summed E-state index contributed by atoms with van der Waals surface area (Å²) >= 11 is 0. The Kier molecular flexibility index (Phi) is 11.2. The topological polar surface area (TPSA) is 152 Å². The zero-order valence-corrected chi connectivity index (χ0v) is 30.1. The predicted molar refractivity (Wildman–Crippen MR) is 191 cm³/mol. The molecule has 1 aliphatic carbocycles. The van der Waals surface area contributed by atoms with Crippen LogP contribution in [0.1, 0.15) is 56.7 Å². The number of esters is 2. The van der Waals surface area contributed by atoms with E-state index in [1.54, 1.807) is 88.4 Å². The molecule has 3 aromatic rings. The van der Waals surface area contributed by atoms with Gasteiger partial charge in [-0.25, -0.2) is 14.5 Å². The van der Waals surface area contributed by atoms with E-state index < -0.39 is 69.6 Å². The Labute approximate surface area is 302 Å². The summed E-state index contributed by atoms with van der Waals surface area (Å²) in [6.07, 6.45) is 1.45. The maximum atomic E-state index is 15.5. The molecule has 0 unspecified atom stereocenters. The second kappa shape index (κ2) is 15.4.